The fourth-order valence-electron chi connectivity index (χ4n) is 3.27. The largest absolute Gasteiger partial charge is 0.317 e. The van der Waals surface area contributed by atoms with Crippen LogP contribution in [0.2, 0.25) is 0 Å². The molecule has 0 aromatic heterocycles. The third kappa shape index (κ3) is 3.67. The van der Waals surface area contributed by atoms with Crippen LogP contribution in [-0.2, 0) is 0 Å². The third-order valence-corrected chi connectivity index (χ3v) is 4.29. The van der Waals surface area contributed by atoms with Gasteiger partial charge in [0.15, 0.2) is 0 Å². The monoisotopic (exact) mass is 239 g/mol. The lowest BCUT2D eigenvalue weighted by atomic mass is 10.1. The molecule has 2 rings (SSSR count). The Hall–Kier alpha value is -0.120. The van der Waals surface area contributed by atoms with Crippen LogP contribution in [0.25, 0.3) is 0 Å². The summed E-state index contributed by atoms with van der Waals surface area (Å²) in [6.45, 7) is 12.2. The molecule has 0 aromatic carbocycles. The maximum Gasteiger partial charge on any atom is 0.0224 e. The molecule has 3 nitrogen and oxygen atoms in total. The van der Waals surface area contributed by atoms with Crippen LogP contribution in [0, 0.1) is 0 Å². The highest BCUT2D eigenvalue weighted by Gasteiger charge is 2.33. The van der Waals surface area contributed by atoms with E-state index < -0.39 is 0 Å². The van der Waals surface area contributed by atoms with Crippen LogP contribution in [0.3, 0.4) is 0 Å². The second-order valence-corrected chi connectivity index (χ2v) is 5.74. The second-order valence-electron chi connectivity index (χ2n) is 5.74. The van der Waals surface area contributed by atoms with Crippen LogP contribution >= 0.6 is 0 Å². The summed E-state index contributed by atoms with van der Waals surface area (Å²) < 4.78 is 0. The molecule has 100 valence electrons. The molecule has 0 aromatic rings. The number of fused-ring (bicyclic) bond motifs is 1. The number of piperazine rings is 1. The van der Waals surface area contributed by atoms with Gasteiger partial charge in [0.25, 0.3) is 0 Å². The summed E-state index contributed by atoms with van der Waals surface area (Å²) >= 11 is 0. The molecule has 2 fully saturated rings. The van der Waals surface area contributed by atoms with Gasteiger partial charge in [-0.25, -0.2) is 0 Å². The van der Waals surface area contributed by atoms with Gasteiger partial charge in [-0.1, -0.05) is 6.92 Å². The highest BCUT2D eigenvalue weighted by molar-refractivity contribution is 4.90. The van der Waals surface area contributed by atoms with Crippen LogP contribution in [0.15, 0.2) is 0 Å². The third-order valence-electron chi connectivity index (χ3n) is 4.29. The summed E-state index contributed by atoms with van der Waals surface area (Å²) in [6, 6.07) is 1.63. The maximum absolute atomic E-state index is 3.50. The highest BCUT2D eigenvalue weighted by Crippen LogP contribution is 2.24. The minimum absolute atomic E-state index is 0.760. The Labute approximate surface area is 107 Å². The summed E-state index contributed by atoms with van der Waals surface area (Å²) in [6.07, 6.45) is 5.40. The zero-order chi connectivity index (χ0) is 12.1. The van der Waals surface area contributed by atoms with E-state index in [4.69, 9.17) is 0 Å². The van der Waals surface area contributed by atoms with Crippen molar-refractivity contribution in [2.45, 2.75) is 51.6 Å². The Morgan fingerprint density at radius 2 is 2.12 bits per heavy atom. The Balaban J connectivity index is 1.66. The summed E-state index contributed by atoms with van der Waals surface area (Å²) in [4.78, 5) is 5.41. The Bertz CT molecular complexity index is 220. The van der Waals surface area contributed by atoms with E-state index in [-0.39, 0.29) is 0 Å². The molecule has 2 aliphatic heterocycles. The average Bonchev–Trinajstić information content (AvgIpc) is 2.76. The van der Waals surface area contributed by atoms with Gasteiger partial charge in [-0.2, -0.15) is 0 Å². The molecular weight excluding hydrogens is 210 g/mol. The van der Waals surface area contributed by atoms with E-state index in [0.29, 0.717) is 0 Å². The van der Waals surface area contributed by atoms with E-state index in [1.165, 1.54) is 65.0 Å². The molecule has 2 heterocycles. The smallest absolute Gasteiger partial charge is 0.0224 e. The molecule has 0 radical (unpaired) electrons. The van der Waals surface area contributed by atoms with E-state index in [0.717, 1.165) is 12.1 Å². The maximum atomic E-state index is 3.50. The van der Waals surface area contributed by atoms with Crippen molar-refractivity contribution >= 4 is 0 Å². The lowest BCUT2D eigenvalue weighted by Crippen LogP contribution is -2.55. The van der Waals surface area contributed by atoms with Crippen LogP contribution in [0.1, 0.15) is 39.5 Å². The van der Waals surface area contributed by atoms with Gasteiger partial charge in [0.05, 0.1) is 0 Å². The molecule has 2 atom stereocenters. The lowest BCUT2D eigenvalue weighted by Gasteiger charge is -2.42. The quantitative estimate of drug-likeness (QED) is 0.710. The molecule has 2 unspecified atom stereocenters. The second kappa shape index (κ2) is 6.72. The first-order valence-electron chi connectivity index (χ1n) is 7.50. The normalized spacial score (nSPS) is 30.7. The van der Waals surface area contributed by atoms with Gasteiger partial charge >= 0.3 is 0 Å². The number of hydrogen-bond acceptors (Lipinski definition) is 3. The van der Waals surface area contributed by atoms with E-state index in [2.05, 4.69) is 29.0 Å². The predicted octanol–water partition coefficient (Wildman–Crippen LogP) is 1.54. The van der Waals surface area contributed by atoms with Gasteiger partial charge in [0.1, 0.15) is 0 Å². The molecule has 0 aliphatic carbocycles. The molecule has 2 saturated heterocycles. The molecule has 0 spiro atoms. The Morgan fingerprint density at radius 3 is 2.94 bits per heavy atom. The average molecular weight is 239 g/mol. The fraction of sp³-hybridized carbons (Fsp3) is 1.00. The minimum Gasteiger partial charge on any atom is -0.317 e. The van der Waals surface area contributed by atoms with E-state index in [9.17, 15) is 0 Å². The van der Waals surface area contributed by atoms with Crippen molar-refractivity contribution < 1.29 is 0 Å². The number of nitrogens with one attached hydrogen (secondary N) is 1. The van der Waals surface area contributed by atoms with Crippen molar-refractivity contribution in [3.8, 4) is 0 Å². The highest BCUT2D eigenvalue weighted by atomic mass is 15.3. The first-order chi connectivity index (χ1) is 8.31. The standard InChI is InChI=1S/C14H29N3/c1-3-7-15-8-5-10-16-12-14-6-4-9-17(14)11-13(16)2/h13-15H,3-12H2,1-2H3. The van der Waals surface area contributed by atoms with Gasteiger partial charge in [-0.15, -0.1) is 0 Å². The first-order valence-corrected chi connectivity index (χ1v) is 7.50. The van der Waals surface area contributed by atoms with Crippen molar-refractivity contribution in [2.75, 3.05) is 39.3 Å². The van der Waals surface area contributed by atoms with E-state index in [1.54, 1.807) is 0 Å². The fourth-order valence-corrected chi connectivity index (χ4v) is 3.27. The van der Waals surface area contributed by atoms with Gasteiger partial charge in [-0.05, 0) is 58.8 Å². The lowest BCUT2D eigenvalue weighted by molar-refractivity contribution is 0.0589. The number of nitrogens with zero attached hydrogens (tertiary/aromatic N) is 2. The van der Waals surface area contributed by atoms with Crippen molar-refractivity contribution in [1.82, 2.24) is 15.1 Å². The molecule has 1 N–H and O–H groups in total. The van der Waals surface area contributed by atoms with E-state index in [1.807, 2.05) is 0 Å². The molecule has 0 amide bonds. The van der Waals surface area contributed by atoms with Crippen LogP contribution in [0.5, 0.6) is 0 Å². The van der Waals surface area contributed by atoms with Gasteiger partial charge in [0.2, 0.25) is 0 Å². The molecule has 0 saturated carbocycles. The van der Waals surface area contributed by atoms with Gasteiger partial charge < -0.3 is 5.32 Å². The Morgan fingerprint density at radius 1 is 1.24 bits per heavy atom. The van der Waals surface area contributed by atoms with Crippen molar-refractivity contribution in [3.05, 3.63) is 0 Å². The van der Waals surface area contributed by atoms with Crippen molar-refractivity contribution in [2.24, 2.45) is 0 Å². The Kier molecular flexibility index (Phi) is 5.26. The zero-order valence-electron chi connectivity index (χ0n) is 11.6. The topological polar surface area (TPSA) is 18.5 Å². The van der Waals surface area contributed by atoms with Crippen molar-refractivity contribution in [1.29, 1.82) is 0 Å². The van der Waals surface area contributed by atoms with Crippen LogP contribution < -0.4 is 5.32 Å². The first kappa shape index (κ1) is 13.3. The molecule has 2 aliphatic rings. The van der Waals surface area contributed by atoms with Gasteiger partial charge in [0, 0.05) is 25.2 Å². The zero-order valence-corrected chi connectivity index (χ0v) is 11.6. The molecule has 3 heteroatoms. The summed E-state index contributed by atoms with van der Waals surface area (Å²) in [5.41, 5.74) is 0. The number of hydrogen-bond donors (Lipinski definition) is 1. The van der Waals surface area contributed by atoms with E-state index >= 15 is 0 Å². The van der Waals surface area contributed by atoms with Crippen LogP contribution in [0.4, 0.5) is 0 Å². The van der Waals surface area contributed by atoms with Gasteiger partial charge in [-0.3, -0.25) is 9.80 Å². The minimum atomic E-state index is 0.760. The molecular formula is C14H29N3. The SMILES string of the molecule is CCCNCCCN1CC2CCCN2CC1C. The summed E-state index contributed by atoms with van der Waals surface area (Å²) in [5, 5.41) is 3.50. The number of rotatable bonds is 6. The summed E-state index contributed by atoms with van der Waals surface area (Å²) in [7, 11) is 0. The van der Waals surface area contributed by atoms with Crippen molar-refractivity contribution in [3.63, 3.8) is 0 Å². The summed E-state index contributed by atoms with van der Waals surface area (Å²) in [5.74, 6) is 0. The molecule has 17 heavy (non-hydrogen) atoms. The predicted molar refractivity (Wildman–Crippen MR) is 73.4 cm³/mol. The van der Waals surface area contributed by atoms with Crippen LogP contribution in [-0.4, -0.2) is 61.2 Å². The molecule has 0 bridgehead atoms.